The smallest absolute Gasteiger partial charge is 0.274 e. The van der Waals surface area contributed by atoms with Crippen LogP contribution in [-0.4, -0.2) is 10.9 Å². The van der Waals surface area contributed by atoms with E-state index in [9.17, 15) is 4.79 Å². The fraction of sp³-hybridized carbons (Fsp3) is 0. The fourth-order valence-corrected chi connectivity index (χ4v) is 1.83. The largest absolute Gasteiger partial charge is 0.321 e. The van der Waals surface area contributed by atoms with Crippen LogP contribution in [0.15, 0.2) is 48.7 Å². The summed E-state index contributed by atoms with van der Waals surface area (Å²) < 4.78 is 0. The van der Waals surface area contributed by atoms with Crippen LogP contribution >= 0.6 is 11.6 Å². The molecule has 1 amide bonds. The fourth-order valence-electron chi connectivity index (χ4n) is 1.62. The molecule has 2 aromatic rings. The monoisotopic (exact) mass is 283 g/mol. The molecule has 5 heteroatoms. The summed E-state index contributed by atoms with van der Waals surface area (Å²) in [6.07, 6.45) is 4.17. The number of nitrogens with one attached hydrogen (secondary N) is 1. The van der Waals surface area contributed by atoms with E-state index in [0.717, 1.165) is 0 Å². The van der Waals surface area contributed by atoms with E-state index < -0.39 is 0 Å². The Bertz CT molecular complexity index is 690. The van der Waals surface area contributed by atoms with Gasteiger partial charge in [-0.1, -0.05) is 29.8 Å². The number of hydrogen-bond donors (Lipinski definition) is 1. The molecule has 2 rings (SSSR count). The first-order valence-corrected chi connectivity index (χ1v) is 6.17. The molecule has 0 unspecified atom stereocenters. The quantitative estimate of drug-likeness (QED) is 0.876. The molecule has 0 aliphatic heterocycles. The van der Waals surface area contributed by atoms with Crippen molar-refractivity contribution in [3.8, 4) is 6.07 Å². The summed E-state index contributed by atoms with van der Waals surface area (Å²) in [5.74, 6) is -0.378. The lowest BCUT2D eigenvalue weighted by Crippen LogP contribution is -2.15. The molecule has 0 saturated heterocycles. The topological polar surface area (TPSA) is 65.8 Å². The molecule has 0 spiro atoms. The van der Waals surface area contributed by atoms with Gasteiger partial charge in [-0.2, -0.15) is 5.26 Å². The molecular formula is C15H10ClN3O. The van der Waals surface area contributed by atoms with E-state index >= 15 is 0 Å². The molecule has 0 fully saturated rings. The highest BCUT2D eigenvalue weighted by molar-refractivity contribution is 6.32. The minimum absolute atomic E-state index is 0.174. The number of pyridine rings is 1. The maximum absolute atomic E-state index is 12.2. The first kappa shape index (κ1) is 13.8. The first-order chi connectivity index (χ1) is 9.72. The van der Waals surface area contributed by atoms with Crippen LogP contribution in [0.2, 0.25) is 5.02 Å². The second-order valence-electron chi connectivity index (χ2n) is 3.84. The normalized spacial score (nSPS) is 10.2. The second-order valence-corrected chi connectivity index (χ2v) is 4.24. The Morgan fingerprint density at radius 2 is 2.05 bits per heavy atom. The molecule has 1 N–H and O–H groups in total. The Morgan fingerprint density at radius 3 is 2.75 bits per heavy atom. The van der Waals surface area contributed by atoms with Crippen molar-refractivity contribution in [3.05, 3.63) is 65.0 Å². The lowest BCUT2D eigenvalue weighted by molar-refractivity contribution is 0.102. The van der Waals surface area contributed by atoms with E-state index in [1.807, 2.05) is 24.3 Å². The molecule has 0 bridgehead atoms. The van der Waals surface area contributed by atoms with Gasteiger partial charge in [-0.05, 0) is 24.3 Å². The Kier molecular flexibility index (Phi) is 4.48. The molecule has 0 saturated carbocycles. The molecule has 0 aliphatic rings. The Balaban J connectivity index is 2.33. The Hall–Kier alpha value is -2.64. The lowest BCUT2D eigenvalue weighted by atomic mass is 10.1. The van der Waals surface area contributed by atoms with Gasteiger partial charge in [0.2, 0.25) is 0 Å². The number of para-hydroxylation sites is 1. The number of amides is 1. The molecule has 1 aromatic carbocycles. The van der Waals surface area contributed by atoms with Crippen LogP contribution < -0.4 is 5.32 Å². The van der Waals surface area contributed by atoms with E-state index in [2.05, 4.69) is 10.3 Å². The summed E-state index contributed by atoms with van der Waals surface area (Å²) in [5, 5.41) is 11.7. The van der Waals surface area contributed by atoms with Crippen molar-refractivity contribution in [3.63, 3.8) is 0 Å². The van der Waals surface area contributed by atoms with Gasteiger partial charge in [-0.3, -0.25) is 9.78 Å². The van der Waals surface area contributed by atoms with E-state index in [0.29, 0.717) is 16.3 Å². The van der Waals surface area contributed by atoms with Gasteiger partial charge in [0.1, 0.15) is 5.69 Å². The number of carbonyl (C=O) groups is 1. The number of anilines is 1. The van der Waals surface area contributed by atoms with Gasteiger partial charge in [0.05, 0.1) is 11.1 Å². The zero-order valence-electron chi connectivity index (χ0n) is 10.4. The Labute approximate surface area is 121 Å². The number of halogens is 1. The minimum Gasteiger partial charge on any atom is -0.321 e. The molecule has 1 heterocycles. The van der Waals surface area contributed by atoms with Gasteiger partial charge in [-0.15, -0.1) is 0 Å². The number of rotatable bonds is 3. The van der Waals surface area contributed by atoms with Crippen molar-refractivity contribution < 1.29 is 4.79 Å². The standard InChI is InChI=1S/C15H10ClN3O/c16-13-8-10-18-14(12(13)7-4-9-17)15(20)19-11-5-2-1-3-6-11/h1-8,10H,(H,19,20)/b7-4+. The number of hydrogen-bond acceptors (Lipinski definition) is 3. The van der Waals surface area contributed by atoms with Crippen molar-refractivity contribution in [2.75, 3.05) is 5.32 Å². The number of nitrogens with zero attached hydrogens (tertiary/aromatic N) is 2. The van der Waals surface area contributed by atoms with Crippen molar-refractivity contribution in [1.29, 1.82) is 5.26 Å². The summed E-state index contributed by atoms with van der Waals surface area (Å²) in [7, 11) is 0. The number of benzene rings is 1. The predicted molar refractivity (Wildman–Crippen MR) is 78.3 cm³/mol. The lowest BCUT2D eigenvalue weighted by Gasteiger charge is -2.08. The van der Waals surface area contributed by atoms with E-state index in [4.69, 9.17) is 16.9 Å². The molecule has 20 heavy (non-hydrogen) atoms. The second kappa shape index (κ2) is 6.50. The first-order valence-electron chi connectivity index (χ1n) is 5.79. The van der Waals surface area contributed by atoms with Crippen molar-refractivity contribution in [2.24, 2.45) is 0 Å². The maximum Gasteiger partial charge on any atom is 0.274 e. The van der Waals surface area contributed by atoms with Crippen LogP contribution in [0.25, 0.3) is 6.08 Å². The van der Waals surface area contributed by atoms with Gasteiger partial charge in [-0.25, -0.2) is 0 Å². The van der Waals surface area contributed by atoms with Gasteiger partial charge >= 0.3 is 0 Å². The summed E-state index contributed by atoms with van der Waals surface area (Å²) in [4.78, 5) is 16.2. The van der Waals surface area contributed by atoms with Crippen molar-refractivity contribution in [1.82, 2.24) is 4.98 Å². The third-order valence-electron chi connectivity index (χ3n) is 2.51. The molecule has 1 aromatic heterocycles. The highest BCUT2D eigenvalue weighted by Crippen LogP contribution is 2.20. The van der Waals surface area contributed by atoms with Crippen LogP contribution in [0.3, 0.4) is 0 Å². The minimum atomic E-state index is -0.378. The Morgan fingerprint density at radius 1 is 1.30 bits per heavy atom. The summed E-state index contributed by atoms with van der Waals surface area (Å²) >= 11 is 6.03. The van der Waals surface area contributed by atoms with Crippen molar-refractivity contribution >= 4 is 29.3 Å². The van der Waals surface area contributed by atoms with Crippen molar-refractivity contribution in [2.45, 2.75) is 0 Å². The van der Waals surface area contributed by atoms with E-state index in [-0.39, 0.29) is 11.6 Å². The molecule has 0 aliphatic carbocycles. The molecule has 4 nitrogen and oxygen atoms in total. The predicted octanol–water partition coefficient (Wildman–Crippen LogP) is 3.52. The van der Waals surface area contributed by atoms with E-state index in [1.54, 1.807) is 18.2 Å². The van der Waals surface area contributed by atoms with Gasteiger partial charge in [0.15, 0.2) is 0 Å². The zero-order chi connectivity index (χ0) is 14.4. The summed E-state index contributed by atoms with van der Waals surface area (Å²) in [6, 6.07) is 12.5. The molecule has 0 atom stereocenters. The number of nitriles is 1. The van der Waals surface area contributed by atoms with Gasteiger partial charge in [0, 0.05) is 23.5 Å². The summed E-state index contributed by atoms with van der Waals surface area (Å²) in [5.41, 5.74) is 1.26. The van der Waals surface area contributed by atoms with E-state index in [1.165, 1.54) is 18.3 Å². The average molecular weight is 284 g/mol. The summed E-state index contributed by atoms with van der Waals surface area (Å²) in [6.45, 7) is 0. The average Bonchev–Trinajstić information content (AvgIpc) is 2.47. The molecule has 0 radical (unpaired) electrons. The van der Waals surface area contributed by atoms with Crippen LogP contribution in [0.4, 0.5) is 5.69 Å². The highest BCUT2D eigenvalue weighted by atomic mass is 35.5. The third kappa shape index (κ3) is 3.22. The number of carbonyl (C=O) groups excluding carboxylic acids is 1. The van der Waals surface area contributed by atoms with Crippen LogP contribution in [-0.2, 0) is 0 Å². The third-order valence-corrected chi connectivity index (χ3v) is 2.84. The number of aromatic nitrogens is 1. The SMILES string of the molecule is N#C/C=C/c1c(Cl)ccnc1C(=O)Nc1ccccc1. The van der Waals surface area contributed by atoms with Crippen LogP contribution in [0, 0.1) is 11.3 Å². The highest BCUT2D eigenvalue weighted by Gasteiger charge is 2.14. The van der Waals surface area contributed by atoms with Crippen LogP contribution in [0.5, 0.6) is 0 Å². The zero-order valence-corrected chi connectivity index (χ0v) is 11.1. The molecule has 98 valence electrons. The van der Waals surface area contributed by atoms with Crippen LogP contribution in [0.1, 0.15) is 16.1 Å². The molecular weight excluding hydrogens is 274 g/mol. The number of allylic oxidation sites excluding steroid dienone is 1. The van der Waals surface area contributed by atoms with Gasteiger partial charge < -0.3 is 5.32 Å². The maximum atomic E-state index is 12.2. The van der Waals surface area contributed by atoms with Gasteiger partial charge in [0.25, 0.3) is 5.91 Å².